The predicted molar refractivity (Wildman–Crippen MR) is 142 cm³/mol. The average Bonchev–Trinajstić information content (AvgIpc) is 3.52. The summed E-state index contributed by atoms with van der Waals surface area (Å²) in [6.07, 6.45) is 1.59. The van der Waals surface area contributed by atoms with Gasteiger partial charge < -0.3 is 10.2 Å². The minimum Gasteiger partial charge on any atom is -0.334 e. The van der Waals surface area contributed by atoms with E-state index in [0.717, 1.165) is 22.3 Å². The molecular formula is C30H23N7O2. The van der Waals surface area contributed by atoms with Gasteiger partial charge >= 0.3 is 0 Å². The monoisotopic (exact) mass is 513 g/mol. The standard InChI is InChI=1S/C30H23N7O2/c31-15-26-33-16-22-18-36(19-25(22)34-26)27(38)21-9-7-8-20(14-21)17-37-28(39)30(35-29(37)32,23-10-3-1-4-11-23)24-12-5-2-6-13-24/h1-14,16H,17-19H2,(H2,32,35). The van der Waals surface area contributed by atoms with Crippen LogP contribution in [0.15, 0.2) is 91.1 Å². The van der Waals surface area contributed by atoms with Crippen LogP contribution in [0.3, 0.4) is 0 Å². The Morgan fingerprint density at radius 1 is 1.00 bits per heavy atom. The normalized spacial score (nSPS) is 15.6. The Kier molecular flexibility index (Phi) is 5.85. The van der Waals surface area contributed by atoms with E-state index in [2.05, 4.69) is 15.3 Å². The lowest BCUT2D eigenvalue weighted by Crippen LogP contribution is -2.45. The summed E-state index contributed by atoms with van der Waals surface area (Å²) in [5.74, 6) is -0.370. The van der Waals surface area contributed by atoms with Crippen molar-refractivity contribution in [1.82, 2.24) is 25.1 Å². The number of aromatic nitrogens is 2. The van der Waals surface area contributed by atoms with Gasteiger partial charge in [-0.1, -0.05) is 72.8 Å². The second-order valence-electron chi connectivity index (χ2n) is 9.49. The van der Waals surface area contributed by atoms with Gasteiger partial charge in [-0.05, 0) is 28.8 Å². The number of hydrogen-bond acceptors (Lipinski definition) is 6. The second kappa shape index (κ2) is 9.50. The number of benzene rings is 3. The zero-order valence-corrected chi connectivity index (χ0v) is 20.8. The number of rotatable bonds is 5. The van der Waals surface area contributed by atoms with Crippen LogP contribution in [-0.4, -0.2) is 37.5 Å². The van der Waals surface area contributed by atoms with Crippen LogP contribution in [0.2, 0.25) is 0 Å². The van der Waals surface area contributed by atoms with Crippen molar-refractivity contribution in [2.24, 2.45) is 0 Å². The molecule has 3 aromatic carbocycles. The Bertz CT molecular complexity index is 1610. The topological polar surface area (TPSA) is 126 Å². The summed E-state index contributed by atoms with van der Waals surface area (Å²) >= 11 is 0. The van der Waals surface area contributed by atoms with Crippen LogP contribution in [-0.2, 0) is 30.0 Å². The maximum absolute atomic E-state index is 14.1. The fraction of sp³-hybridized carbons (Fsp3) is 0.133. The number of fused-ring (bicyclic) bond motifs is 1. The van der Waals surface area contributed by atoms with Crippen LogP contribution in [0, 0.1) is 16.7 Å². The number of amides is 2. The summed E-state index contributed by atoms with van der Waals surface area (Å²) in [5.41, 5.74) is 2.95. The number of hydrogen-bond donors (Lipinski definition) is 2. The third-order valence-corrected chi connectivity index (χ3v) is 7.11. The molecule has 1 aromatic heterocycles. The fourth-order valence-corrected chi connectivity index (χ4v) is 5.21. The molecule has 2 aliphatic heterocycles. The molecule has 6 rings (SSSR count). The lowest BCUT2D eigenvalue weighted by Gasteiger charge is -2.28. The summed E-state index contributed by atoms with van der Waals surface area (Å²) in [5, 5.41) is 20.9. The van der Waals surface area contributed by atoms with E-state index < -0.39 is 5.54 Å². The van der Waals surface area contributed by atoms with Gasteiger partial charge in [0, 0.05) is 23.9 Å². The SMILES string of the molecule is N#Cc1ncc2c(n1)CN(C(=O)c1cccc(CN3C(=N)NC(c4ccccc4)(c4ccccc4)C3=O)c1)C2. The molecule has 1 saturated heterocycles. The Labute approximate surface area is 224 Å². The molecule has 0 unspecified atom stereocenters. The molecule has 39 heavy (non-hydrogen) atoms. The van der Waals surface area contributed by atoms with Crippen molar-refractivity contribution in [3.8, 4) is 6.07 Å². The van der Waals surface area contributed by atoms with E-state index in [1.807, 2.05) is 72.8 Å². The smallest absolute Gasteiger partial charge is 0.264 e. The number of guanidine groups is 1. The van der Waals surface area contributed by atoms with E-state index in [0.29, 0.717) is 24.3 Å². The molecule has 0 spiro atoms. The third kappa shape index (κ3) is 4.08. The Balaban J connectivity index is 1.26. The largest absolute Gasteiger partial charge is 0.334 e. The highest BCUT2D eigenvalue weighted by Gasteiger charge is 2.52. The molecule has 2 amide bonds. The number of carbonyl (C=O) groups excluding carboxylic acids is 2. The first kappa shape index (κ1) is 24.0. The van der Waals surface area contributed by atoms with E-state index in [1.54, 1.807) is 29.3 Å². The van der Waals surface area contributed by atoms with Gasteiger partial charge in [0.2, 0.25) is 5.82 Å². The molecule has 9 heteroatoms. The van der Waals surface area contributed by atoms with Crippen molar-refractivity contribution >= 4 is 17.8 Å². The number of carbonyl (C=O) groups is 2. The van der Waals surface area contributed by atoms with E-state index in [9.17, 15) is 9.59 Å². The lowest BCUT2D eigenvalue weighted by molar-refractivity contribution is -0.130. The first-order valence-corrected chi connectivity index (χ1v) is 12.4. The molecule has 0 atom stereocenters. The van der Waals surface area contributed by atoms with Gasteiger partial charge in [0.1, 0.15) is 6.07 Å². The van der Waals surface area contributed by atoms with E-state index in [1.165, 1.54) is 4.90 Å². The molecule has 2 N–H and O–H groups in total. The molecule has 4 aromatic rings. The quantitative estimate of drug-likeness (QED) is 0.422. The zero-order valence-electron chi connectivity index (χ0n) is 20.8. The molecular weight excluding hydrogens is 490 g/mol. The van der Waals surface area contributed by atoms with E-state index >= 15 is 0 Å². The number of nitriles is 1. The molecule has 9 nitrogen and oxygen atoms in total. The zero-order chi connectivity index (χ0) is 27.0. The Morgan fingerprint density at radius 2 is 1.69 bits per heavy atom. The number of nitrogens with one attached hydrogen (secondary N) is 2. The summed E-state index contributed by atoms with van der Waals surface area (Å²) in [7, 11) is 0. The molecule has 3 heterocycles. The lowest BCUT2D eigenvalue weighted by atomic mass is 9.82. The highest BCUT2D eigenvalue weighted by molar-refractivity contribution is 6.10. The van der Waals surface area contributed by atoms with E-state index in [-0.39, 0.29) is 30.1 Å². The molecule has 1 fully saturated rings. The maximum Gasteiger partial charge on any atom is 0.264 e. The van der Waals surface area contributed by atoms with Crippen molar-refractivity contribution in [2.75, 3.05) is 0 Å². The molecule has 0 aliphatic carbocycles. The molecule has 0 radical (unpaired) electrons. The van der Waals surface area contributed by atoms with Gasteiger partial charge in [0.15, 0.2) is 11.5 Å². The Hall–Kier alpha value is -5.36. The second-order valence-corrected chi connectivity index (χ2v) is 9.49. The highest BCUT2D eigenvalue weighted by atomic mass is 16.2. The van der Waals surface area contributed by atoms with Crippen LogP contribution in [0.1, 0.15) is 44.1 Å². The van der Waals surface area contributed by atoms with E-state index in [4.69, 9.17) is 10.7 Å². The van der Waals surface area contributed by atoms with Gasteiger partial charge in [-0.2, -0.15) is 5.26 Å². The summed E-state index contributed by atoms with van der Waals surface area (Å²) in [6, 6.07) is 27.8. The van der Waals surface area contributed by atoms with Gasteiger partial charge in [0.25, 0.3) is 11.8 Å². The van der Waals surface area contributed by atoms with Crippen LogP contribution in [0.25, 0.3) is 0 Å². The fourth-order valence-electron chi connectivity index (χ4n) is 5.21. The average molecular weight is 514 g/mol. The van der Waals surface area contributed by atoms with Crippen molar-refractivity contribution < 1.29 is 9.59 Å². The minimum atomic E-state index is -1.22. The van der Waals surface area contributed by atoms with Crippen molar-refractivity contribution in [2.45, 2.75) is 25.2 Å². The van der Waals surface area contributed by atoms with Gasteiger partial charge in [-0.15, -0.1) is 0 Å². The predicted octanol–water partition coefficient (Wildman–Crippen LogP) is 3.31. The first-order chi connectivity index (χ1) is 19.0. The van der Waals surface area contributed by atoms with Crippen molar-refractivity contribution in [3.63, 3.8) is 0 Å². The van der Waals surface area contributed by atoms with Crippen LogP contribution in [0.5, 0.6) is 0 Å². The van der Waals surface area contributed by atoms with Crippen molar-refractivity contribution in [1.29, 1.82) is 10.7 Å². The van der Waals surface area contributed by atoms with Gasteiger partial charge in [0.05, 0.1) is 18.8 Å². The Morgan fingerprint density at radius 3 is 2.36 bits per heavy atom. The summed E-state index contributed by atoms with van der Waals surface area (Å²) in [6.45, 7) is 0.788. The minimum absolute atomic E-state index is 0.00806. The molecule has 190 valence electrons. The summed E-state index contributed by atoms with van der Waals surface area (Å²) in [4.78, 5) is 38.7. The van der Waals surface area contributed by atoms with Crippen LogP contribution < -0.4 is 5.32 Å². The molecule has 0 saturated carbocycles. The maximum atomic E-state index is 14.1. The third-order valence-electron chi connectivity index (χ3n) is 7.11. The summed E-state index contributed by atoms with van der Waals surface area (Å²) < 4.78 is 0. The van der Waals surface area contributed by atoms with Gasteiger partial charge in [-0.25, -0.2) is 9.97 Å². The number of nitrogens with zero attached hydrogens (tertiary/aromatic N) is 5. The van der Waals surface area contributed by atoms with Crippen LogP contribution in [0.4, 0.5) is 0 Å². The molecule has 2 aliphatic rings. The van der Waals surface area contributed by atoms with Gasteiger partial charge in [-0.3, -0.25) is 19.9 Å². The molecule has 0 bridgehead atoms. The van der Waals surface area contributed by atoms with Crippen molar-refractivity contribution in [3.05, 3.63) is 130 Å². The first-order valence-electron chi connectivity index (χ1n) is 12.4. The van der Waals surface area contributed by atoms with Crippen LogP contribution >= 0.6 is 0 Å². The highest BCUT2D eigenvalue weighted by Crippen LogP contribution is 2.36.